The molecule has 2 rings (SSSR count). The summed E-state index contributed by atoms with van der Waals surface area (Å²) >= 11 is 0. The van der Waals surface area contributed by atoms with Crippen molar-refractivity contribution in [1.82, 2.24) is 14.7 Å². The molecule has 0 amide bonds. The summed E-state index contributed by atoms with van der Waals surface area (Å²) in [7, 11) is 2.12. The SMILES string of the molecule is CC(C(=O)O)c1cnn(C2CCN(C)CC2)c1. The van der Waals surface area contributed by atoms with Crippen LogP contribution in [0.2, 0.25) is 0 Å². The van der Waals surface area contributed by atoms with Gasteiger partial charge in [0.1, 0.15) is 0 Å². The molecule has 1 fully saturated rings. The molecule has 1 atom stereocenters. The van der Waals surface area contributed by atoms with E-state index >= 15 is 0 Å². The maximum absolute atomic E-state index is 10.9. The second kappa shape index (κ2) is 4.87. The molecule has 0 aliphatic carbocycles. The number of carboxylic acid groups (broad SMARTS) is 1. The highest BCUT2D eigenvalue weighted by Gasteiger charge is 2.21. The summed E-state index contributed by atoms with van der Waals surface area (Å²) in [6.07, 6.45) is 5.73. The lowest BCUT2D eigenvalue weighted by molar-refractivity contribution is -0.138. The van der Waals surface area contributed by atoms with Crippen LogP contribution in [0.3, 0.4) is 0 Å². The van der Waals surface area contributed by atoms with Crippen LogP contribution in [-0.4, -0.2) is 45.9 Å². The number of carbonyl (C=O) groups is 1. The summed E-state index contributed by atoms with van der Waals surface area (Å²) in [6, 6.07) is 0.418. The highest BCUT2D eigenvalue weighted by atomic mass is 16.4. The van der Waals surface area contributed by atoms with Crippen LogP contribution < -0.4 is 0 Å². The van der Waals surface area contributed by atoms with Crippen molar-refractivity contribution in [3.05, 3.63) is 18.0 Å². The molecule has 1 aromatic rings. The average Bonchev–Trinajstić information content (AvgIpc) is 2.78. The summed E-state index contributed by atoms with van der Waals surface area (Å²) < 4.78 is 1.93. The van der Waals surface area contributed by atoms with Gasteiger partial charge in [0.2, 0.25) is 0 Å². The van der Waals surface area contributed by atoms with E-state index < -0.39 is 11.9 Å². The minimum absolute atomic E-state index is 0.418. The molecule has 1 aromatic heterocycles. The molecule has 0 radical (unpaired) electrons. The topological polar surface area (TPSA) is 58.4 Å². The highest BCUT2D eigenvalue weighted by Crippen LogP contribution is 2.23. The maximum atomic E-state index is 10.9. The Morgan fingerprint density at radius 2 is 2.18 bits per heavy atom. The van der Waals surface area contributed by atoms with Crippen LogP contribution in [0.4, 0.5) is 0 Å². The molecule has 0 aromatic carbocycles. The lowest BCUT2D eigenvalue weighted by atomic mass is 10.0. The third-order valence-corrected chi connectivity index (χ3v) is 3.55. The average molecular weight is 237 g/mol. The number of piperidine rings is 1. The molecule has 1 aliphatic rings. The minimum atomic E-state index is -0.798. The summed E-state index contributed by atoms with van der Waals surface area (Å²) in [5.74, 6) is -1.28. The van der Waals surface area contributed by atoms with Gasteiger partial charge in [0.15, 0.2) is 0 Å². The van der Waals surface area contributed by atoms with Gasteiger partial charge in [0.05, 0.1) is 18.2 Å². The van der Waals surface area contributed by atoms with Crippen molar-refractivity contribution >= 4 is 5.97 Å². The number of hydrogen-bond donors (Lipinski definition) is 1. The lowest BCUT2D eigenvalue weighted by Crippen LogP contribution is -2.31. The van der Waals surface area contributed by atoms with Gasteiger partial charge in [-0.1, -0.05) is 0 Å². The molecule has 1 saturated heterocycles. The Kier molecular flexibility index (Phi) is 3.47. The number of aliphatic carboxylic acids is 1. The molecule has 0 saturated carbocycles. The molecule has 2 heterocycles. The van der Waals surface area contributed by atoms with E-state index in [0.29, 0.717) is 6.04 Å². The lowest BCUT2D eigenvalue weighted by Gasteiger charge is -2.29. The zero-order chi connectivity index (χ0) is 12.4. The molecule has 5 nitrogen and oxygen atoms in total. The van der Waals surface area contributed by atoms with Gasteiger partial charge >= 0.3 is 5.97 Å². The quantitative estimate of drug-likeness (QED) is 0.861. The van der Waals surface area contributed by atoms with Gasteiger partial charge in [0.25, 0.3) is 0 Å². The second-order valence-corrected chi connectivity index (χ2v) is 4.85. The Morgan fingerprint density at radius 1 is 1.53 bits per heavy atom. The first-order chi connectivity index (χ1) is 8.08. The summed E-state index contributed by atoms with van der Waals surface area (Å²) in [5, 5.41) is 13.2. The van der Waals surface area contributed by atoms with E-state index in [1.807, 2.05) is 10.9 Å². The molecular formula is C12H19N3O2. The fourth-order valence-corrected chi connectivity index (χ4v) is 2.18. The van der Waals surface area contributed by atoms with Crippen LogP contribution in [0.25, 0.3) is 0 Å². The van der Waals surface area contributed by atoms with Crippen molar-refractivity contribution in [2.75, 3.05) is 20.1 Å². The van der Waals surface area contributed by atoms with Gasteiger partial charge in [0, 0.05) is 11.8 Å². The number of nitrogens with zero attached hydrogens (tertiary/aromatic N) is 3. The Morgan fingerprint density at radius 3 is 2.76 bits per heavy atom. The predicted molar refractivity (Wildman–Crippen MR) is 64.0 cm³/mol. The van der Waals surface area contributed by atoms with Crippen LogP contribution in [0, 0.1) is 0 Å². The molecule has 1 unspecified atom stereocenters. The molecule has 17 heavy (non-hydrogen) atoms. The van der Waals surface area contributed by atoms with Crippen LogP contribution in [0.1, 0.15) is 37.3 Å². The number of aromatic nitrogens is 2. The van der Waals surface area contributed by atoms with Crippen molar-refractivity contribution in [2.24, 2.45) is 0 Å². The van der Waals surface area contributed by atoms with E-state index in [1.54, 1.807) is 13.1 Å². The van der Waals surface area contributed by atoms with Crippen LogP contribution in [-0.2, 0) is 4.79 Å². The van der Waals surface area contributed by atoms with Crippen molar-refractivity contribution < 1.29 is 9.90 Å². The molecule has 94 valence electrons. The zero-order valence-electron chi connectivity index (χ0n) is 10.3. The smallest absolute Gasteiger partial charge is 0.310 e. The first kappa shape index (κ1) is 12.1. The van der Waals surface area contributed by atoms with Crippen LogP contribution >= 0.6 is 0 Å². The van der Waals surface area contributed by atoms with Gasteiger partial charge < -0.3 is 10.0 Å². The number of likely N-dealkylation sites (tertiary alicyclic amines) is 1. The van der Waals surface area contributed by atoms with Gasteiger partial charge in [-0.2, -0.15) is 5.10 Å². The number of rotatable bonds is 3. The van der Waals surface area contributed by atoms with Gasteiger partial charge in [-0.3, -0.25) is 9.48 Å². The fraction of sp³-hybridized carbons (Fsp3) is 0.667. The Labute approximate surface area is 101 Å². The zero-order valence-corrected chi connectivity index (χ0v) is 10.3. The van der Waals surface area contributed by atoms with Crippen molar-refractivity contribution in [3.63, 3.8) is 0 Å². The van der Waals surface area contributed by atoms with E-state index in [2.05, 4.69) is 17.0 Å². The summed E-state index contributed by atoms with van der Waals surface area (Å²) in [4.78, 5) is 13.2. The van der Waals surface area contributed by atoms with Crippen molar-refractivity contribution in [2.45, 2.75) is 31.7 Å². The first-order valence-electron chi connectivity index (χ1n) is 6.03. The van der Waals surface area contributed by atoms with Crippen molar-refractivity contribution in [3.8, 4) is 0 Å². The highest BCUT2D eigenvalue weighted by molar-refractivity contribution is 5.75. The standard InChI is InChI=1S/C12H19N3O2/c1-9(12(16)17)10-7-13-15(8-10)11-3-5-14(2)6-4-11/h7-9,11H,3-6H2,1-2H3,(H,16,17). The fourth-order valence-electron chi connectivity index (χ4n) is 2.18. The number of carboxylic acids is 1. The monoisotopic (exact) mass is 237 g/mol. The molecular weight excluding hydrogens is 218 g/mol. The Bertz CT molecular complexity index is 394. The minimum Gasteiger partial charge on any atom is -0.481 e. The molecule has 5 heteroatoms. The molecule has 0 spiro atoms. The van der Waals surface area contributed by atoms with E-state index in [9.17, 15) is 4.79 Å². The Balaban J connectivity index is 2.05. The van der Waals surface area contributed by atoms with Gasteiger partial charge in [-0.15, -0.1) is 0 Å². The van der Waals surface area contributed by atoms with Gasteiger partial charge in [-0.05, 0) is 39.9 Å². The third kappa shape index (κ3) is 2.66. The van der Waals surface area contributed by atoms with Gasteiger partial charge in [-0.25, -0.2) is 0 Å². The van der Waals surface area contributed by atoms with Crippen molar-refractivity contribution in [1.29, 1.82) is 0 Å². The summed E-state index contributed by atoms with van der Waals surface area (Å²) in [6.45, 7) is 3.85. The van der Waals surface area contributed by atoms with E-state index in [0.717, 1.165) is 31.5 Å². The van der Waals surface area contributed by atoms with E-state index in [1.165, 1.54) is 0 Å². The van der Waals surface area contributed by atoms with E-state index in [4.69, 9.17) is 5.11 Å². The largest absolute Gasteiger partial charge is 0.481 e. The molecule has 1 N–H and O–H groups in total. The predicted octanol–water partition coefficient (Wildman–Crippen LogP) is 1.34. The maximum Gasteiger partial charge on any atom is 0.310 e. The Hall–Kier alpha value is -1.36. The molecule has 0 bridgehead atoms. The normalized spacial score (nSPS) is 20.4. The second-order valence-electron chi connectivity index (χ2n) is 4.85. The number of hydrogen-bond acceptors (Lipinski definition) is 3. The van der Waals surface area contributed by atoms with Crippen LogP contribution in [0.15, 0.2) is 12.4 Å². The first-order valence-corrected chi connectivity index (χ1v) is 6.03. The third-order valence-electron chi connectivity index (χ3n) is 3.55. The summed E-state index contributed by atoms with van der Waals surface area (Å²) in [5.41, 5.74) is 0.788. The molecule has 1 aliphatic heterocycles. The van der Waals surface area contributed by atoms with Crippen LogP contribution in [0.5, 0.6) is 0 Å². The van der Waals surface area contributed by atoms with E-state index in [-0.39, 0.29) is 0 Å².